The van der Waals surface area contributed by atoms with Crippen LogP contribution in [0, 0.1) is 0 Å². The molecule has 6 heterocycles. The van der Waals surface area contributed by atoms with Crippen LogP contribution in [0.2, 0.25) is 0 Å². The minimum atomic E-state index is -2.18. The highest BCUT2D eigenvalue weighted by Crippen LogP contribution is 2.58. The number of benzene rings is 2. The summed E-state index contributed by atoms with van der Waals surface area (Å²) >= 11 is 0. The molecule has 4 N–H and O–H groups in total. The van der Waals surface area contributed by atoms with Crippen molar-refractivity contribution in [3.63, 3.8) is 0 Å². The van der Waals surface area contributed by atoms with E-state index in [1.54, 1.807) is 41.9 Å². The summed E-state index contributed by atoms with van der Waals surface area (Å²) in [6, 6.07) is 7.99. The molecule has 8 unspecified atom stereocenters. The van der Waals surface area contributed by atoms with Gasteiger partial charge in [0, 0.05) is 13.1 Å². The maximum Gasteiger partial charge on any atom is 0.339 e. The van der Waals surface area contributed by atoms with Gasteiger partial charge in [-0.3, -0.25) is 19.4 Å². The van der Waals surface area contributed by atoms with Crippen molar-refractivity contribution < 1.29 is 87.0 Å². The van der Waals surface area contributed by atoms with E-state index in [2.05, 4.69) is 22.0 Å². The molecule has 422 valence electrons. The van der Waals surface area contributed by atoms with E-state index in [-0.39, 0.29) is 44.7 Å². The third kappa shape index (κ3) is 10.9. The van der Waals surface area contributed by atoms with Gasteiger partial charge in [0.2, 0.25) is 13.6 Å². The standard InChI is InChI=1S/C29H39NO9.C28H37NO9/c1-27(2,33)8-5-10-29(34,16-23(31)36-4)26(32)39-25-22(35-3)15-28-9-6-11-30(28)12-7-18-13-20-21(38-17-37-20)14-19(18)24(25)28;1-26(2,32)8-9-28(33,15-22(30)35-4)25(31)38-24-21(34-3)14-27-7-5-10-29(27)11-6-17-12-19-20(37-16-36-19)13-18(17)23(24)27/h13-15,24-25,33-34H,5-12,16-17H2,1-4H3;12-14,23-24,32-33H,5-11,15-16H2,1-4H3. The highest BCUT2D eigenvalue weighted by molar-refractivity contribution is 5.87. The van der Waals surface area contributed by atoms with Crippen LogP contribution in [0.3, 0.4) is 0 Å². The molecule has 2 aromatic rings. The fourth-order valence-electron chi connectivity index (χ4n) is 13.1. The molecule has 8 aliphatic rings. The van der Waals surface area contributed by atoms with Crippen molar-refractivity contribution in [1.82, 2.24) is 9.80 Å². The molecule has 8 atom stereocenters. The highest BCUT2D eigenvalue weighted by atomic mass is 16.7. The Morgan fingerprint density at radius 3 is 1.36 bits per heavy atom. The Labute approximate surface area is 449 Å². The first-order chi connectivity index (χ1) is 36.5. The Morgan fingerprint density at radius 2 is 0.974 bits per heavy atom. The Balaban J connectivity index is 0.000000188. The molecular weight excluding hydrogens is 1000 g/mol. The van der Waals surface area contributed by atoms with E-state index in [9.17, 15) is 39.6 Å². The second-order valence-corrected chi connectivity index (χ2v) is 23.1. The highest BCUT2D eigenvalue weighted by Gasteiger charge is 2.61. The molecule has 0 aromatic heterocycles. The predicted molar refractivity (Wildman–Crippen MR) is 274 cm³/mol. The Morgan fingerprint density at radius 1 is 0.571 bits per heavy atom. The van der Waals surface area contributed by atoms with Gasteiger partial charge in [0.05, 0.1) is 75.4 Å². The van der Waals surface area contributed by atoms with Crippen LogP contribution in [0.1, 0.15) is 132 Å². The van der Waals surface area contributed by atoms with Gasteiger partial charge in [0.15, 0.2) is 46.4 Å². The van der Waals surface area contributed by atoms with Gasteiger partial charge in [0.1, 0.15) is 11.5 Å². The van der Waals surface area contributed by atoms with Crippen LogP contribution in [0.5, 0.6) is 23.0 Å². The van der Waals surface area contributed by atoms with Gasteiger partial charge >= 0.3 is 23.9 Å². The first-order valence-electron chi connectivity index (χ1n) is 26.8. The first-order valence-corrected chi connectivity index (χ1v) is 26.8. The summed E-state index contributed by atoms with van der Waals surface area (Å²) in [7, 11) is 5.50. The van der Waals surface area contributed by atoms with E-state index >= 15 is 0 Å². The summed E-state index contributed by atoms with van der Waals surface area (Å²) in [4.78, 5) is 56.7. The van der Waals surface area contributed by atoms with E-state index in [4.69, 9.17) is 47.4 Å². The minimum absolute atomic E-state index is 0.0686. The normalized spacial score (nSPS) is 27.2. The third-order valence-electron chi connectivity index (χ3n) is 17.0. The van der Waals surface area contributed by atoms with Crippen LogP contribution in [0.15, 0.2) is 47.9 Å². The molecule has 20 nitrogen and oxygen atoms in total. The fraction of sp³-hybridized carbons (Fsp3) is 0.649. The SMILES string of the molecule is COC(=O)CC(O)(CCC(C)(C)O)C(=O)OC1C(OC)=CC23CCCN2CCc2cc4c(cc2C13)OCO4.COC(=O)CC(O)(CCCC(C)(C)O)C(=O)OC1C(OC)=CC23CCCN2CCc2cc4c(cc2C13)OCO4. The Hall–Kier alpha value is -5.64. The maximum absolute atomic E-state index is 13.8. The molecule has 0 amide bonds. The lowest BCUT2D eigenvalue weighted by molar-refractivity contribution is -0.179. The maximum atomic E-state index is 13.8. The summed E-state index contributed by atoms with van der Waals surface area (Å²) in [5.74, 6) is -0.228. The molecule has 20 heteroatoms. The third-order valence-corrected chi connectivity index (χ3v) is 17.0. The van der Waals surface area contributed by atoms with Crippen LogP contribution in [0.25, 0.3) is 0 Å². The zero-order valence-corrected chi connectivity index (χ0v) is 45.6. The van der Waals surface area contributed by atoms with E-state index in [0.29, 0.717) is 47.4 Å². The first kappa shape index (κ1) is 56.1. The smallest absolute Gasteiger partial charge is 0.339 e. The number of carbonyl (C=O) groups excluding carboxylic acids is 4. The quantitative estimate of drug-likeness (QED) is 0.123. The zero-order valence-electron chi connectivity index (χ0n) is 45.6. The summed E-state index contributed by atoms with van der Waals surface area (Å²) in [6.07, 6.45) is 7.13. The number of fused-ring (bicyclic) bond motifs is 6. The summed E-state index contributed by atoms with van der Waals surface area (Å²) in [6.45, 7) is 10.2. The fourth-order valence-corrected chi connectivity index (χ4v) is 13.1. The van der Waals surface area contributed by atoms with Gasteiger partial charge in [-0.25, -0.2) is 9.59 Å². The number of aliphatic hydroxyl groups is 4. The molecule has 0 bridgehead atoms. The molecule has 77 heavy (non-hydrogen) atoms. The van der Waals surface area contributed by atoms with Gasteiger partial charge in [-0.1, -0.05) is 0 Å². The number of methoxy groups -OCH3 is 4. The molecule has 2 spiro atoms. The lowest BCUT2D eigenvalue weighted by Gasteiger charge is -2.39. The summed E-state index contributed by atoms with van der Waals surface area (Å²) < 4.78 is 56.1. The van der Waals surface area contributed by atoms with Crippen molar-refractivity contribution in [2.24, 2.45) is 0 Å². The van der Waals surface area contributed by atoms with Crippen LogP contribution in [0.4, 0.5) is 0 Å². The van der Waals surface area contributed by atoms with Crippen molar-refractivity contribution in [2.45, 2.75) is 169 Å². The van der Waals surface area contributed by atoms with Crippen molar-refractivity contribution in [3.8, 4) is 23.0 Å². The number of nitrogens with zero attached hydrogens (tertiary/aromatic N) is 2. The molecule has 2 aromatic carbocycles. The monoisotopic (exact) mass is 1080 g/mol. The van der Waals surface area contributed by atoms with Gasteiger partial charge < -0.3 is 67.8 Å². The van der Waals surface area contributed by atoms with Crippen LogP contribution >= 0.6 is 0 Å². The second-order valence-electron chi connectivity index (χ2n) is 23.1. The predicted octanol–water partition coefficient (Wildman–Crippen LogP) is 4.77. The molecule has 2 aliphatic carbocycles. The lowest BCUT2D eigenvalue weighted by Crippen LogP contribution is -2.49. The van der Waals surface area contributed by atoms with E-state index in [1.807, 2.05) is 24.3 Å². The largest absolute Gasteiger partial charge is 0.497 e. The number of hydrogen-bond acceptors (Lipinski definition) is 20. The molecule has 0 radical (unpaired) electrons. The topological polar surface area (TPSA) is 248 Å². The van der Waals surface area contributed by atoms with Gasteiger partial charge in [-0.05, 0) is 170 Å². The van der Waals surface area contributed by atoms with Crippen molar-refractivity contribution >= 4 is 23.9 Å². The second kappa shape index (κ2) is 21.5. The van der Waals surface area contributed by atoms with Crippen LogP contribution < -0.4 is 18.9 Å². The van der Waals surface area contributed by atoms with Crippen molar-refractivity contribution in [3.05, 3.63) is 70.2 Å². The molecular formula is C57H76N2O18. The average Bonchev–Trinajstić information content (AvgIpc) is 4.41. The van der Waals surface area contributed by atoms with Crippen LogP contribution in [-0.4, -0.2) is 168 Å². The van der Waals surface area contributed by atoms with Crippen molar-refractivity contribution in [1.29, 1.82) is 0 Å². The lowest BCUT2D eigenvalue weighted by atomic mass is 9.77. The van der Waals surface area contributed by atoms with Gasteiger partial charge in [-0.15, -0.1) is 0 Å². The van der Waals surface area contributed by atoms with E-state index in [0.717, 1.165) is 87.0 Å². The molecule has 0 saturated carbocycles. The Bertz CT molecular complexity index is 2660. The van der Waals surface area contributed by atoms with Crippen molar-refractivity contribution in [2.75, 3.05) is 68.2 Å². The molecule has 2 saturated heterocycles. The summed E-state index contributed by atoms with van der Waals surface area (Å²) in [5.41, 5.74) is -3.11. The van der Waals surface area contributed by atoms with Crippen LogP contribution in [-0.2, 0) is 60.4 Å². The molecule has 10 rings (SSSR count). The van der Waals surface area contributed by atoms with E-state index < -0.39 is 82.4 Å². The zero-order chi connectivity index (χ0) is 55.3. The summed E-state index contributed by atoms with van der Waals surface area (Å²) in [5, 5.41) is 43.3. The number of hydrogen-bond donors (Lipinski definition) is 4. The van der Waals surface area contributed by atoms with Gasteiger partial charge in [0.25, 0.3) is 0 Å². The number of rotatable bonds is 17. The molecule has 6 aliphatic heterocycles. The minimum Gasteiger partial charge on any atom is -0.497 e. The van der Waals surface area contributed by atoms with Gasteiger partial charge in [-0.2, -0.15) is 0 Å². The number of carbonyl (C=O) groups is 4. The number of esters is 4. The molecule has 2 fully saturated rings. The Kier molecular flexibility index (Phi) is 15.7. The number of ether oxygens (including phenoxy) is 10. The average molecular weight is 1080 g/mol. The van der Waals surface area contributed by atoms with E-state index in [1.165, 1.54) is 14.2 Å².